The molecular formula is C15H19N3O2. The maximum Gasteiger partial charge on any atom is 0.169 e. The molecule has 0 unspecified atom stereocenters. The molecule has 0 saturated carbocycles. The molecule has 0 amide bonds. The van der Waals surface area contributed by atoms with Crippen LogP contribution in [-0.4, -0.2) is 41.7 Å². The number of hydrogen-bond donors (Lipinski definition) is 0. The third-order valence-corrected chi connectivity index (χ3v) is 3.67. The third kappa shape index (κ3) is 2.29. The molecule has 106 valence electrons. The Bertz CT molecular complexity index is 627. The molecule has 0 aliphatic carbocycles. The minimum atomic E-state index is -0.0185. The van der Waals surface area contributed by atoms with Gasteiger partial charge in [-0.05, 0) is 12.1 Å². The first kappa shape index (κ1) is 13.1. The van der Waals surface area contributed by atoms with Crippen LogP contribution in [0.3, 0.4) is 0 Å². The number of ether oxygens (including phenoxy) is 1. The monoisotopic (exact) mass is 273 g/mol. The van der Waals surface area contributed by atoms with E-state index in [-0.39, 0.29) is 11.7 Å². The second-order valence-corrected chi connectivity index (χ2v) is 5.39. The van der Waals surface area contributed by atoms with Gasteiger partial charge in [0.05, 0.1) is 30.5 Å². The van der Waals surface area contributed by atoms with E-state index in [1.165, 1.54) is 0 Å². The lowest BCUT2D eigenvalue weighted by Gasteiger charge is -2.28. The van der Waals surface area contributed by atoms with Crippen molar-refractivity contribution in [1.82, 2.24) is 9.61 Å². The fraction of sp³-hybridized carbons (Fsp3) is 0.467. The quantitative estimate of drug-likeness (QED) is 0.803. The van der Waals surface area contributed by atoms with Gasteiger partial charge in [0.2, 0.25) is 0 Å². The Balaban J connectivity index is 2.00. The second kappa shape index (κ2) is 5.25. The number of Topliss-reactive ketones (excluding diaryl/α,β-unsaturated/α-hetero) is 1. The van der Waals surface area contributed by atoms with Crippen molar-refractivity contribution in [2.75, 3.05) is 31.2 Å². The van der Waals surface area contributed by atoms with Gasteiger partial charge in [0, 0.05) is 30.9 Å². The fourth-order valence-corrected chi connectivity index (χ4v) is 2.49. The van der Waals surface area contributed by atoms with E-state index in [0.717, 1.165) is 37.5 Å². The van der Waals surface area contributed by atoms with Crippen LogP contribution >= 0.6 is 0 Å². The average Bonchev–Trinajstić information content (AvgIpc) is 2.90. The van der Waals surface area contributed by atoms with Gasteiger partial charge in [-0.1, -0.05) is 13.8 Å². The summed E-state index contributed by atoms with van der Waals surface area (Å²) in [5, 5.41) is 4.26. The van der Waals surface area contributed by atoms with E-state index in [2.05, 4.69) is 10.00 Å². The second-order valence-electron chi connectivity index (χ2n) is 5.39. The Hall–Kier alpha value is -1.88. The summed E-state index contributed by atoms with van der Waals surface area (Å²) in [5.74, 6) is 0.120. The summed E-state index contributed by atoms with van der Waals surface area (Å²) in [4.78, 5) is 14.5. The van der Waals surface area contributed by atoms with Crippen molar-refractivity contribution in [2.24, 2.45) is 5.92 Å². The van der Waals surface area contributed by atoms with Crippen molar-refractivity contribution in [1.29, 1.82) is 0 Å². The van der Waals surface area contributed by atoms with Gasteiger partial charge in [0.15, 0.2) is 5.78 Å². The highest BCUT2D eigenvalue weighted by Crippen LogP contribution is 2.22. The summed E-state index contributed by atoms with van der Waals surface area (Å²) in [6, 6.07) is 4.09. The van der Waals surface area contributed by atoms with E-state index in [4.69, 9.17) is 4.74 Å². The predicted octanol–water partition coefficient (Wildman–Crippen LogP) is 2.01. The van der Waals surface area contributed by atoms with Gasteiger partial charge in [0.1, 0.15) is 0 Å². The number of hydrogen-bond acceptors (Lipinski definition) is 4. The van der Waals surface area contributed by atoms with Crippen LogP contribution in [0.2, 0.25) is 0 Å². The topological polar surface area (TPSA) is 46.8 Å². The lowest BCUT2D eigenvalue weighted by molar-refractivity contribution is 0.0941. The van der Waals surface area contributed by atoms with Crippen molar-refractivity contribution in [2.45, 2.75) is 13.8 Å². The van der Waals surface area contributed by atoms with E-state index >= 15 is 0 Å². The third-order valence-electron chi connectivity index (χ3n) is 3.67. The van der Waals surface area contributed by atoms with Crippen molar-refractivity contribution in [3.63, 3.8) is 0 Å². The van der Waals surface area contributed by atoms with Gasteiger partial charge < -0.3 is 9.64 Å². The van der Waals surface area contributed by atoms with Gasteiger partial charge in [-0.2, -0.15) is 5.10 Å². The minimum Gasteiger partial charge on any atom is -0.378 e. The Kier molecular flexibility index (Phi) is 3.44. The van der Waals surface area contributed by atoms with E-state index < -0.39 is 0 Å². The maximum atomic E-state index is 12.2. The number of nitrogens with zero attached hydrogens (tertiary/aromatic N) is 3. The molecule has 1 aliphatic heterocycles. The number of carbonyl (C=O) groups excluding carboxylic acids is 1. The molecule has 5 nitrogen and oxygen atoms in total. The lowest BCUT2D eigenvalue weighted by Crippen LogP contribution is -2.36. The van der Waals surface area contributed by atoms with Crippen molar-refractivity contribution >= 4 is 17.0 Å². The molecule has 0 radical (unpaired) electrons. The molecule has 20 heavy (non-hydrogen) atoms. The smallest absolute Gasteiger partial charge is 0.169 e. The summed E-state index contributed by atoms with van der Waals surface area (Å²) in [5.41, 5.74) is 2.71. The first-order valence-electron chi connectivity index (χ1n) is 7.01. The molecule has 1 saturated heterocycles. The zero-order chi connectivity index (χ0) is 14.1. The molecule has 0 atom stereocenters. The van der Waals surface area contributed by atoms with E-state index in [1.807, 2.05) is 32.2 Å². The molecule has 3 rings (SSSR count). The van der Waals surface area contributed by atoms with Crippen LogP contribution in [0.25, 0.3) is 5.52 Å². The molecule has 1 fully saturated rings. The summed E-state index contributed by atoms with van der Waals surface area (Å²) < 4.78 is 7.14. The Morgan fingerprint density at radius 1 is 1.35 bits per heavy atom. The summed E-state index contributed by atoms with van der Waals surface area (Å²) in [7, 11) is 0. The van der Waals surface area contributed by atoms with E-state index in [1.54, 1.807) is 10.7 Å². The van der Waals surface area contributed by atoms with Gasteiger partial charge in [-0.25, -0.2) is 4.52 Å². The van der Waals surface area contributed by atoms with Gasteiger partial charge in [-0.3, -0.25) is 4.79 Å². The zero-order valence-corrected chi connectivity index (χ0v) is 11.9. The maximum absolute atomic E-state index is 12.2. The molecule has 0 spiro atoms. The number of rotatable bonds is 3. The highest BCUT2D eigenvalue weighted by molar-refractivity contribution is 6.03. The van der Waals surface area contributed by atoms with Crippen molar-refractivity contribution in [3.8, 4) is 0 Å². The number of pyridine rings is 1. The average molecular weight is 273 g/mol. The van der Waals surface area contributed by atoms with Crippen LogP contribution in [0, 0.1) is 5.92 Å². The van der Waals surface area contributed by atoms with Crippen LogP contribution in [0.4, 0.5) is 5.69 Å². The van der Waals surface area contributed by atoms with E-state index in [9.17, 15) is 4.79 Å². The van der Waals surface area contributed by atoms with Crippen molar-refractivity contribution in [3.05, 3.63) is 30.1 Å². The predicted molar refractivity (Wildman–Crippen MR) is 77.4 cm³/mol. The molecule has 0 aromatic carbocycles. The Morgan fingerprint density at radius 3 is 2.80 bits per heavy atom. The van der Waals surface area contributed by atoms with Crippen molar-refractivity contribution < 1.29 is 9.53 Å². The van der Waals surface area contributed by atoms with Gasteiger partial charge >= 0.3 is 0 Å². The highest BCUT2D eigenvalue weighted by atomic mass is 16.5. The van der Waals surface area contributed by atoms with Crippen LogP contribution in [0.15, 0.2) is 24.5 Å². The number of carbonyl (C=O) groups is 1. The van der Waals surface area contributed by atoms with Crippen LogP contribution in [0.1, 0.15) is 24.2 Å². The zero-order valence-electron chi connectivity index (χ0n) is 11.9. The molecule has 2 aromatic rings. The van der Waals surface area contributed by atoms with Crippen LogP contribution in [0.5, 0.6) is 0 Å². The molecule has 5 heteroatoms. The van der Waals surface area contributed by atoms with Crippen LogP contribution in [-0.2, 0) is 4.74 Å². The number of morpholine rings is 1. The minimum absolute atomic E-state index is 0.0185. The number of ketones is 1. The SMILES string of the molecule is CC(C)C(=O)c1cnn2ccc(N3CCOCC3)cc12. The van der Waals surface area contributed by atoms with Gasteiger partial charge in [0.25, 0.3) is 0 Å². The highest BCUT2D eigenvalue weighted by Gasteiger charge is 2.18. The molecular weight excluding hydrogens is 254 g/mol. The summed E-state index contributed by atoms with van der Waals surface area (Å²) >= 11 is 0. The molecule has 3 heterocycles. The summed E-state index contributed by atoms with van der Waals surface area (Å²) in [6.45, 7) is 7.11. The van der Waals surface area contributed by atoms with Crippen LogP contribution < -0.4 is 4.90 Å². The molecule has 0 N–H and O–H groups in total. The molecule has 1 aliphatic rings. The van der Waals surface area contributed by atoms with Gasteiger partial charge in [-0.15, -0.1) is 0 Å². The fourth-order valence-electron chi connectivity index (χ4n) is 2.49. The largest absolute Gasteiger partial charge is 0.378 e. The standard InChI is InChI=1S/C15H19N3O2/c1-11(2)15(19)13-10-16-18-4-3-12(9-14(13)18)17-5-7-20-8-6-17/h3-4,9-11H,5-8H2,1-2H3. The number of anilines is 1. The first-order valence-corrected chi connectivity index (χ1v) is 7.01. The first-order chi connectivity index (χ1) is 9.66. The normalized spacial score (nSPS) is 16.1. The summed E-state index contributed by atoms with van der Waals surface area (Å²) in [6.07, 6.45) is 3.58. The number of fused-ring (bicyclic) bond motifs is 1. The molecule has 2 aromatic heterocycles. The number of aromatic nitrogens is 2. The molecule has 0 bridgehead atoms. The van der Waals surface area contributed by atoms with E-state index in [0.29, 0.717) is 5.56 Å². The Morgan fingerprint density at radius 2 is 2.10 bits per heavy atom. The Labute approximate surface area is 118 Å². The lowest BCUT2D eigenvalue weighted by atomic mass is 10.0.